The van der Waals surface area contributed by atoms with Crippen LogP contribution in [0.4, 0.5) is 0 Å². The Bertz CT molecular complexity index is 367. The number of ketones is 1. The highest BCUT2D eigenvalue weighted by Gasteiger charge is 2.50. The summed E-state index contributed by atoms with van der Waals surface area (Å²) in [5.74, 6) is 0.425. The minimum absolute atomic E-state index is 0.115. The SMILES string of the molecule is CC1=C[C@@H]2C(C)(C)CCC[C@@]2(C)[C@H](O)CC1=O. The van der Waals surface area contributed by atoms with E-state index < -0.39 is 6.10 Å². The zero-order chi connectivity index (χ0) is 12.8. The molecule has 0 unspecified atom stereocenters. The van der Waals surface area contributed by atoms with E-state index in [1.54, 1.807) is 0 Å². The topological polar surface area (TPSA) is 37.3 Å². The quantitative estimate of drug-likeness (QED) is 0.701. The number of allylic oxidation sites excluding steroid dienone is 2. The van der Waals surface area contributed by atoms with Gasteiger partial charge >= 0.3 is 0 Å². The van der Waals surface area contributed by atoms with Gasteiger partial charge in [-0.15, -0.1) is 0 Å². The molecule has 2 nitrogen and oxygen atoms in total. The summed E-state index contributed by atoms with van der Waals surface area (Å²) >= 11 is 0. The van der Waals surface area contributed by atoms with E-state index in [0.29, 0.717) is 12.3 Å². The Morgan fingerprint density at radius 1 is 1.29 bits per heavy atom. The van der Waals surface area contributed by atoms with Crippen molar-refractivity contribution < 1.29 is 9.90 Å². The van der Waals surface area contributed by atoms with E-state index in [1.807, 2.05) is 6.92 Å². The summed E-state index contributed by atoms with van der Waals surface area (Å²) in [6.45, 7) is 8.58. The molecule has 0 aromatic carbocycles. The van der Waals surface area contributed by atoms with Crippen LogP contribution < -0.4 is 0 Å². The van der Waals surface area contributed by atoms with Gasteiger partial charge in [-0.1, -0.05) is 33.3 Å². The van der Waals surface area contributed by atoms with Gasteiger partial charge in [0.05, 0.1) is 6.10 Å². The van der Waals surface area contributed by atoms with Crippen molar-refractivity contribution in [2.75, 3.05) is 0 Å². The van der Waals surface area contributed by atoms with Crippen LogP contribution in [-0.4, -0.2) is 17.0 Å². The average molecular weight is 236 g/mol. The fourth-order valence-electron chi connectivity index (χ4n) is 3.83. The first kappa shape index (κ1) is 12.8. The molecule has 2 aliphatic rings. The minimum Gasteiger partial charge on any atom is -0.392 e. The molecule has 2 aliphatic carbocycles. The molecule has 2 heteroatoms. The summed E-state index contributed by atoms with van der Waals surface area (Å²) in [4.78, 5) is 11.9. The Labute approximate surface area is 104 Å². The number of aliphatic hydroxyl groups is 1. The third-order valence-corrected chi connectivity index (χ3v) is 5.09. The minimum atomic E-state index is -0.492. The Morgan fingerprint density at radius 3 is 2.59 bits per heavy atom. The molecule has 17 heavy (non-hydrogen) atoms. The first-order valence-electron chi connectivity index (χ1n) is 6.67. The molecular weight excluding hydrogens is 212 g/mol. The van der Waals surface area contributed by atoms with Crippen LogP contribution in [0.5, 0.6) is 0 Å². The average Bonchev–Trinajstić information content (AvgIpc) is 2.29. The summed E-state index contributed by atoms with van der Waals surface area (Å²) in [6, 6.07) is 0. The van der Waals surface area contributed by atoms with Crippen LogP contribution in [0.3, 0.4) is 0 Å². The van der Waals surface area contributed by atoms with Crippen LogP contribution in [0.15, 0.2) is 11.6 Å². The number of fused-ring (bicyclic) bond motifs is 1. The van der Waals surface area contributed by atoms with Gasteiger partial charge in [0, 0.05) is 11.8 Å². The van der Waals surface area contributed by atoms with Crippen molar-refractivity contribution in [1.82, 2.24) is 0 Å². The molecule has 0 amide bonds. The maximum Gasteiger partial charge on any atom is 0.160 e. The Hall–Kier alpha value is -0.630. The molecule has 1 fully saturated rings. The smallest absolute Gasteiger partial charge is 0.160 e. The van der Waals surface area contributed by atoms with Crippen LogP contribution in [0.25, 0.3) is 0 Å². The van der Waals surface area contributed by atoms with Crippen LogP contribution in [0, 0.1) is 16.7 Å². The van der Waals surface area contributed by atoms with Gasteiger partial charge in [-0.2, -0.15) is 0 Å². The fourth-order valence-corrected chi connectivity index (χ4v) is 3.83. The monoisotopic (exact) mass is 236 g/mol. The highest BCUT2D eigenvalue weighted by Crippen LogP contribution is 2.55. The second-order valence-corrected chi connectivity index (χ2v) is 6.82. The molecule has 0 heterocycles. The summed E-state index contributed by atoms with van der Waals surface area (Å²) < 4.78 is 0. The molecular formula is C15H24O2. The summed E-state index contributed by atoms with van der Waals surface area (Å²) in [5.41, 5.74) is 0.891. The van der Waals surface area contributed by atoms with Crippen LogP contribution in [-0.2, 0) is 4.79 Å². The first-order valence-corrected chi connectivity index (χ1v) is 6.67. The molecule has 0 aromatic heterocycles. The lowest BCUT2D eigenvalue weighted by Gasteiger charge is -2.51. The number of hydrogen-bond donors (Lipinski definition) is 1. The predicted molar refractivity (Wildman–Crippen MR) is 68.6 cm³/mol. The van der Waals surface area contributed by atoms with E-state index in [4.69, 9.17) is 0 Å². The van der Waals surface area contributed by atoms with Gasteiger partial charge in [0.15, 0.2) is 5.78 Å². The number of carbonyl (C=O) groups is 1. The highest BCUT2D eigenvalue weighted by molar-refractivity contribution is 5.95. The number of rotatable bonds is 0. The molecule has 0 aromatic rings. The van der Waals surface area contributed by atoms with Crippen LogP contribution in [0.1, 0.15) is 53.4 Å². The van der Waals surface area contributed by atoms with Gasteiger partial charge in [-0.25, -0.2) is 0 Å². The van der Waals surface area contributed by atoms with Gasteiger partial charge in [0.2, 0.25) is 0 Å². The lowest BCUT2D eigenvalue weighted by molar-refractivity contribution is -0.121. The van der Waals surface area contributed by atoms with E-state index >= 15 is 0 Å². The molecule has 96 valence electrons. The Morgan fingerprint density at radius 2 is 1.94 bits per heavy atom. The van der Waals surface area contributed by atoms with Gasteiger partial charge < -0.3 is 5.11 Å². The standard InChI is InChI=1S/C15H24O2/c1-10-8-12-14(2,3)6-5-7-15(12,4)13(17)9-11(10)16/h8,12-13,17H,5-7,9H2,1-4H3/t12-,13-,15-/m1/s1. The molecule has 0 radical (unpaired) electrons. The molecule has 0 saturated heterocycles. The molecule has 0 bridgehead atoms. The second kappa shape index (κ2) is 3.94. The van der Waals surface area contributed by atoms with Gasteiger partial charge in [-0.05, 0) is 36.7 Å². The summed E-state index contributed by atoms with van der Waals surface area (Å²) in [5, 5.41) is 10.4. The lowest BCUT2D eigenvalue weighted by atomic mass is 9.54. The van der Waals surface area contributed by atoms with Crippen molar-refractivity contribution in [3.63, 3.8) is 0 Å². The van der Waals surface area contributed by atoms with Crippen molar-refractivity contribution in [3.8, 4) is 0 Å². The van der Waals surface area contributed by atoms with E-state index in [1.165, 1.54) is 6.42 Å². The molecule has 2 rings (SSSR count). The molecule has 0 aliphatic heterocycles. The fraction of sp³-hybridized carbons (Fsp3) is 0.800. The lowest BCUT2D eigenvalue weighted by Crippen LogP contribution is -2.47. The van der Waals surface area contributed by atoms with Gasteiger partial charge in [0.1, 0.15) is 0 Å². The number of aliphatic hydroxyl groups excluding tert-OH is 1. The summed E-state index contributed by atoms with van der Waals surface area (Å²) in [7, 11) is 0. The number of Topliss-reactive ketones (excluding diaryl/α,β-unsaturated/α-hetero) is 1. The van der Waals surface area contributed by atoms with Crippen molar-refractivity contribution in [1.29, 1.82) is 0 Å². The molecule has 0 spiro atoms. The number of carbonyl (C=O) groups excluding carboxylic acids is 1. The zero-order valence-corrected chi connectivity index (χ0v) is 11.4. The first-order chi connectivity index (χ1) is 7.77. The van der Waals surface area contributed by atoms with E-state index in [9.17, 15) is 9.90 Å². The van der Waals surface area contributed by atoms with Gasteiger partial charge in [-0.3, -0.25) is 4.79 Å². The molecule has 1 saturated carbocycles. The van der Waals surface area contributed by atoms with Gasteiger partial charge in [0.25, 0.3) is 0 Å². The maximum absolute atomic E-state index is 11.9. The normalized spacial score (nSPS) is 41.5. The predicted octanol–water partition coefficient (Wildman–Crippen LogP) is 3.10. The van der Waals surface area contributed by atoms with E-state index in [0.717, 1.165) is 18.4 Å². The van der Waals surface area contributed by atoms with Crippen molar-refractivity contribution in [2.24, 2.45) is 16.7 Å². The highest BCUT2D eigenvalue weighted by atomic mass is 16.3. The van der Waals surface area contributed by atoms with Crippen LogP contribution in [0.2, 0.25) is 0 Å². The third kappa shape index (κ3) is 1.97. The molecule has 3 atom stereocenters. The van der Waals surface area contributed by atoms with E-state index in [2.05, 4.69) is 26.8 Å². The number of hydrogen-bond acceptors (Lipinski definition) is 2. The molecule has 1 N–H and O–H groups in total. The van der Waals surface area contributed by atoms with Crippen molar-refractivity contribution in [3.05, 3.63) is 11.6 Å². The maximum atomic E-state index is 11.9. The second-order valence-electron chi connectivity index (χ2n) is 6.82. The van der Waals surface area contributed by atoms with Crippen LogP contribution >= 0.6 is 0 Å². The third-order valence-electron chi connectivity index (χ3n) is 5.09. The van der Waals surface area contributed by atoms with Crippen molar-refractivity contribution in [2.45, 2.75) is 59.5 Å². The Balaban J connectivity index is 2.49. The Kier molecular flexibility index (Phi) is 2.97. The van der Waals surface area contributed by atoms with E-state index in [-0.39, 0.29) is 16.6 Å². The van der Waals surface area contributed by atoms with Crippen molar-refractivity contribution >= 4 is 5.78 Å². The summed E-state index contributed by atoms with van der Waals surface area (Å²) in [6.07, 6.45) is 5.30. The largest absolute Gasteiger partial charge is 0.392 e. The zero-order valence-electron chi connectivity index (χ0n) is 11.4.